The number of nitrogens with one attached hydrogen (secondary N) is 1. The number of fused-ring (bicyclic) bond motifs is 2. The number of alkyl halides is 2. The van der Waals surface area contributed by atoms with Gasteiger partial charge in [-0.05, 0) is 93.9 Å². The summed E-state index contributed by atoms with van der Waals surface area (Å²) in [7, 11) is 0. The second-order valence-electron chi connectivity index (χ2n) is 23.1. The second-order valence-corrected chi connectivity index (χ2v) is 23.1. The Kier molecular flexibility index (Phi) is 26.5. The highest BCUT2D eigenvalue weighted by molar-refractivity contribution is 5.79. The number of aryl methyl sites for hydroxylation is 1. The number of aromatic nitrogens is 6. The fourth-order valence-corrected chi connectivity index (χ4v) is 12.2. The SMILES string of the molecule is Cc1nnc(C2CC(c3ccc(OCCOCCOCCOCCOCc4cn(CCOCCOCCOCCOCCC(=O)Oc5c(F)cc(F)cc5F)nn4)cc3)C2)n1C1CC2CCC(C1)N2CC[C@H](NC(=O)C1CCC(F)(F)CC1)c1ccccc1. The van der Waals surface area contributed by atoms with Crippen LogP contribution in [0.1, 0.15) is 129 Å². The van der Waals surface area contributed by atoms with E-state index in [0.29, 0.717) is 147 Å². The summed E-state index contributed by atoms with van der Waals surface area (Å²) in [5.74, 6) is -5.01. The summed E-state index contributed by atoms with van der Waals surface area (Å²) in [6, 6.07) is 20.4. The minimum absolute atomic E-state index is 0.0497. The Morgan fingerprint density at radius 1 is 0.629 bits per heavy atom. The maximum absolute atomic E-state index is 13.9. The van der Waals surface area contributed by atoms with Gasteiger partial charge in [-0.2, -0.15) is 0 Å². The molecule has 488 valence electrons. The minimum Gasteiger partial charge on any atom is -0.491 e. The summed E-state index contributed by atoms with van der Waals surface area (Å²) < 4.78 is 127. The minimum atomic E-state index is -2.66. The third kappa shape index (κ3) is 21.0. The zero-order valence-corrected chi connectivity index (χ0v) is 50.8. The van der Waals surface area contributed by atoms with Gasteiger partial charge < -0.3 is 57.3 Å². The van der Waals surface area contributed by atoms with Gasteiger partial charge in [-0.1, -0.05) is 47.7 Å². The van der Waals surface area contributed by atoms with Crippen LogP contribution in [-0.2, 0) is 60.6 Å². The van der Waals surface area contributed by atoms with Gasteiger partial charge in [-0.15, -0.1) is 15.3 Å². The van der Waals surface area contributed by atoms with E-state index < -0.39 is 35.1 Å². The number of nitrogens with zero attached hydrogens (tertiary/aromatic N) is 7. The van der Waals surface area contributed by atoms with E-state index in [1.165, 1.54) is 5.56 Å². The molecule has 1 amide bonds. The number of hydrogen-bond acceptors (Lipinski definition) is 17. The Morgan fingerprint density at radius 2 is 1.20 bits per heavy atom. The first-order valence-electron chi connectivity index (χ1n) is 31.3. The molecular formula is C64H85F5N8O12. The van der Waals surface area contributed by atoms with Gasteiger partial charge in [0, 0.05) is 61.5 Å². The zero-order valence-electron chi connectivity index (χ0n) is 50.8. The lowest BCUT2D eigenvalue weighted by molar-refractivity contribution is -0.136. The van der Waals surface area contributed by atoms with Crippen molar-refractivity contribution in [2.75, 3.05) is 112 Å². The first kappa shape index (κ1) is 67.4. The number of piperidine rings is 1. The Labute approximate surface area is 516 Å². The monoisotopic (exact) mass is 1250 g/mol. The number of hydrogen-bond donors (Lipinski definition) is 1. The maximum Gasteiger partial charge on any atom is 0.313 e. The van der Waals surface area contributed by atoms with Gasteiger partial charge in [0.2, 0.25) is 17.6 Å². The standard InChI is InChI=1S/C64H85F5N8O12/c1-45-71-73-62(77(45)55-41-53-9-10-54(42-55)76(53)19-15-59(47-5-3-2-4-6-47)70-63(79)48-13-17-64(68,69)18-14-48)50-37-49(38-50)46-7-11-56(12-8-46)88-36-35-86-32-31-84-29-30-85-33-34-87-44-52-43-75(74-72-52)20-22-81-24-26-83-28-27-82-25-23-80-21-16-60(78)89-61-57(66)39-51(65)40-58(61)67/h2-8,11-12,39-40,43,48-50,53-55,59H,9-10,13-38,41-42,44H2,1H3,(H,70,79)/t49?,50?,53?,54?,55?,59-/m0/s1. The third-order valence-electron chi connectivity index (χ3n) is 16.9. The van der Waals surface area contributed by atoms with E-state index in [1.54, 1.807) is 10.9 Å². The van der Waals surface area contributed by atoms with E-state index in [1.807, 2.05) is 30.3 Å². The molecule has 25 heteroatoms. The van der Waals surface area contributed by atoms with Crippen LogP contribution in [0.3, 0.4) is 0 Å². The number of ether oxygens (including phenoxy) is 10. The lowest BCUT2D eigenvalue weighted by Gasteiger charge is -2.42. The lowest BCUT2D eigenvalue weighted by Crippen LogP contribution is -2.45. The molecule has 2 aliphatic heterocycles. The Hall–Kier alpha value is -6.03. The van der Waals surface area contributed by atoms with E-state index in [2.05, 4.69) is 66.1 Å². The van der Waals surface area contributed by atoms with Crippen LogP contribution >= 0.6 is 0 Å². The van der Waals surface area contributed by atoms with Crippen LogP contribution in [0.2, 0.25) is 0 Å². The fraction of sp³-hybridized carbons (Fsp3) is 0.625. The molecule has 2 unspecified atom stereocenters. The van der Waals surface area contributed by atoms with Crippen molar-refractivity contribution in [1.82, 2.24) is 40.0 Å². The summed E-state index contributed by atoms with van der Waals surface area (Å²) in [5.41, 5.74) is 3.05. The molecule has 2 saturated carbocycles. The van der Waals surface area contributed by atoms with E-state index >= 15 is 0 Å². The Bertz CT molecular complexity index is 2880. The molecule has 2 saturated heterocycles. The highest BCUT2D eigenvalue weighted by Crippen LogP contribution is 2.50. The normalized spacial score (nSPS) is 20.4. The van der Waals surface area contributed by atoms with Crippen molar-refractivity contribution in [2.24, 2.45) is 5.92 Å². The molecule has 5 aromatic rings. The topological polar surface area (TPSA) is 203 Å². The number of benzene rings is 3. The second kappa shape index (κ2) is 35.0. The average molecular weight is 1250 g/mol. The van der Waals surface area contributed by atoms with E-state index in [9.17, 15) is 31.5 Å². The molecule has 9 rings (SSSR count). The molecule has 4 fully saturated rings. The number of carbonyl (C=O) groups excluding carboxylic acids is 2. The van der Waals surface area contributed by atoms with Crippen molar-refractivity contribution in [2.45, 2.75) is 139 Å². The van der Waals surface area contributed by atoms with Gasteiger partial charge in [0.25, 0.3) is 0 Å². The van der Waals surface area contributed by atoms with Crippen molar-refractivity contribution in [1.29, 1.82) is 0 Å². The third-order valence-corrected chi connectivity index (χ3v) is 16.9. The van der Waals surface area contributed by atoms with E-state index in [-0.39, 0.29) is 69.8 Å². The van der Waals surface area contributed by atoms with Gasteiger partial charge in [0.05, 0.1) is 131 Å². The molecule has 20 nitrogen and oxygen atoms in total. The predicted octanol–water partition coefficient (Wildman–Crippen LogP) is 9.21. The summed E-state index contributed by atoms with van der Waals surface area (Å²) in [6.07, 6.45) is 8.80. The molecular weight excluding hydrogens is 1170 g/mol. The van der Waals surface area contributed by atoms with Crippen LogP contribution < -0.4 is 14.8 Å². The van der Waals surface area contributed by atoms with Gasteiger partial charge in [0.15, 0.2) is 11.6 Å². The number of amides is 1. The molecule has 1 N–H and O–H groups in total. The number of rotatable bonds is 40. The summed E-state index contributed by atoms with van der Waals surface area (Å²) >= 11 is 0. The Balaban J connectivity index is 0.538. The summed E-state index contributed by atoms with van der Waals surface area (Å²) in [5, 5.41) is 20.9. The fourth-order valence-electron chi connectivity index (χ4n) is 12.2. The highest BCUT2D eigenvalue weighted by atomic mass is 19.3. The molecule has 89 heavy (non-hydrogen) atoms. The number of halogens is 5. The predicted molar refractivity (Wildman–Crippen MR) is 314 cm³/mol. The van der Waals surface area contributed by atoms with Crippen LogP contribution in [-0.4, -0.2) is 177 Å². The largest absolute Gasteiger partial charge is 0.491 e. The smallest absolute Gasteiger partial charge is 0.313 e. The molecule has 3 atom stereocenters. The van der Waals surface area contributed by atoms with E-state index in [4.69, 9.17) is 47.7 Å². The number of esters is 1. The molecule has 2 bridgehead atoms. The maximum atomic E-state index is 13.9. The van der Waals surface area contributed by atoms with Crippen LogP contribution in [0.15, 0.2) is 72.9 Å². The molecule has 2 aromatic heterocycles. The Morgan fingerprint density at radius 3 is 1.82 bits per heavy atom. The van der Waals surface area contributed by atoms with Crippen molar-refractivity contribution in [3.63, 3.8) is 0 Å². The van der Waals surface area contributed by atoms with Crippen molar-refractivity contribution >= 4 is 11.9 Å². The van der Waals surface area contributed by atoms with Crippen LogP contribution in [0, 0.1) is 30.3 Å². The van der Waals surface area contributed by atoms with Crippen molar-refractivity contribution < 1.29 is 78.9 Å². The van der Waals surface area contributed by atoms with Gasteiger partial charge in [-0.25, -0.2) is 26.6 Å². The molecule has 0 radical (unpaired) electrons. The van der Waals surface area contributed by atoms with Crippen LogP contribution in [0.5, 0.6) is 11.5 Å². The van der Waals surface area contributed by atoms with Crippen molar-refractivity contribution in [3.8, 4) is 11.5 Å². The molecule has 0 spiro atoms. The highest BCUT2D eigenvalue weighted by Gasteiger charge is 2.44. The first-order valence-corrected chi connectivity index (χ1v) is 31.3. The molecule has 4 heterocycles. The molecule has 3 aromatic carbocycles. The molecule has 4 aliphatic rings. The van der Waals surface area contributed by atoms with Gasteiger partial charge >= 0.3 is 5.97 Å². The van der Waals surface area contributed by atoms with Crippen LogP contribution in [0.25, 0.3) is 0 Å². The lowest BCUT2D eigenvalue weighted by atomic mass is 9.71. The quantitative estimate of drug-likeness (QED) is 0.0168. The average Bonchev–Trinajstić information content (AvgIpc) is 1.73. The number of carbonyl (C=O) groups is 2. The zero-order chi connectivity index (χ0) is 62.2. The molecule has 2 aliphatic carbocycles. The van der Waals surface area contributed by atoms with Crippen LogP contribution in [0.4, 0.5) is 22.0 Å². The van der Waals surface area contributed by atoms with Gasteiger partial charge in [0.1, 0.15) is 35.5 Å². The van der Waals surface area contributed by atoms with Crippen molar-refractivity contribution in [3.05, 3.63) is 119 Å². The van der Waals surface area contributed by atoms with E-state index in [0.717, 1.165) is 74.5 Å². The summed E-state index contributed by atoms with van der Waals surface area (Å²) in [4.78, 5) is 27.8. The van der Waals surface area contributed by atoms with Gasteiger partial charge in [-0.3, -0.25) is 14.5 Å². The first-order chi connectivity index (χ1) is 43.4. The summed E-state index contributed by atoms with van der Waals surface area (Å²) in [6.45, 7) is 9.46.